The highest BCUT2D eigenvalue weighted by Crippen LogP contribution is 2.33. The van der Waals surface area contributed by atoms with Crippen LogP contribution in [-0.2, 0) is 16.0 Å². The Balaban J connectivity index is 1.46. The second-order valence-corrected chi connectivity index (χ2v) is 9.38. The Morgan fingerprint density at radius 2 is 1.53 bits per heavy atom. The molecule has 34 heavy (non-hydrogen) atoms. The Hall–Kier alpha value is -3.25. The molecule has 3 aromatic carbocycles. The van der Waals surface area contributed by atoms with Crippen LogP contribution in [0.3, 0.4) is 0 Å². The Bertz CT molecular complexity index is 1080. The van der Waals surface area contributed by atoms with Crippen LogP contribution in [-0.4, -0.2) is 29.5 Å². The molecule has 0 aliphatic heterocycles. The Morgan fingerprint density at radius 1 is 0.912 bits per heavy atom. The second kappa shape index (κ2) is 11.7. The van der Waals surface area contributed by atoms with E-state index in [4.69, 9.17) is 0 Å². The van der Waals surface area contributed by atoms with Gasteiger partial charge >= 0.3 is 0 Å². The molecule has 3 rings (SSSR count). The first-order chi connectivity index (χ1) is 16.3. The number of amides is 2. The highest BCUT2D eigenvalue weighted by Gasteiger charge is 2.36. The molecule has 0 fully saturated rings. The zero-order chi connectivity index (χ0) is 24.7. The van der Waals surface area contributed by atoms with Crippen molar-refractivity contribution in [2.75, 3.05) is 6.54 Å². The van der Waals surface area contributed by atoms with Gasteiger partial charge < -0.3 is 15.7 Å². The molecule has 0 aromatic heterocycles. The fourth-order valence-corrected chi connectivity index (χ4v) is 4.02. The average Bonchev–Trinajstić information content (AvgIpc) is 3.51. The van der Waals surface area contributed by atoms with E-state index in [1.807, 2.05) is 81.4 Å². The fourth-order valence-electron chi connectivity index (χ4n) is 4.02. The molecule has 0 bridgehead atoms. The van der Waals surface area contributed by atoms with Crippen LogP contribution in [0.1, 0.15) is 50.8 Å². The van der Waals surface area contributed by atoms with Crippen LogP contribution in [0.4, 0.5) is 0 Å². The molecule has 0 spiro atoms. The summed E-state index contributed by atoms with van der Waals surface area (Å²) < 4.78 is 0. The molecule has 6 nitrogen and oxygen atoms in total. The Labute approximate surface area is 201 Å². The van der Waals surface area contributed by atoms with Crippen molar-refractivity contribution in [2.45, 2.75) is 52.2 Å². The van der Waals surface area contributed by atoms with Crippen molar-refractivity contribution in [3.8, 4) is 11.1 Å². The lowest BCUT2D eigenvalue weighted by Crippen LogP contribution is -2.43. The zero-order valence-corrected chi connectivity index (χ0v) is 20.1. The summed E-state index contributed by atoms with van der Waals surface area (Å²) >= 11 is 0. The van der Waals surface area contributed by atoms with Gasteiger partial charge in [-0.05, 0) is 29.4 Å². The number of rotatable bonds is 12. The number of hydrogen-bond donors (Lipinski definition) is 3. The lowest BCUT2D eigenvalue weighted by molar-refractivity contribution is -0.123. The van der Waals surface area contributed by atoms with E-state index < -0.39 is 12.1 Å². The zero-order valence-electron chi connectivity index (χ0n) is 20.1. The highest BCUT2D eigenvalue weighted by molar-refractivity contribution is 5.79. The Morgan fingerprint density at radius 3 is 2.15 bits per heavy atom. The van der Waals surface area contributed by atoms with E-state index >= 15 is 0 Å². The lowest BCUT2D eigenvalue weighted by Gasteiger charge is -2.26. The molecule has 0 saturated carbocycles. The van der Waals surface area contributed by atoms with Gasteiger partial charge in [0.25, 0.3) is 0 Å². The molecule has 0 aliphatic carbocycles. The molecule has 3 atom stereocenters. The van der Waals surface area contributed by atoms with Gasteiger partial charge in [0.05, 0.1) is 12.5 Å². The van der Waals surface area contributed by atoms with Gasteiger partial charge in [0.2, 0.25) is 11.8 Å². The number of carbonyl (C=O) groups excluding carboxylic acids is 2. The van der Waals surface area contributed by atoms with E-state index in [2.05, 4.69) is 10.6 Å². The summed E-state index contributed by atoms with van der Waals surface area (Å²) in [5.41, 5.74) is 2.55. The normalized spacial score (nSPS) is 14.0. The molecule has 0 saturated heterocycles. The summed E-state index contributed by atoms with van der Waals surface area (Å²) in [5, 5.41) is 16.7. The monoisotopic (exact) mass is 462 g/mol. The van der Waals surface area contributed by atoms with Crippen molar-refractivity contribution in [3.05, 3.63) is 82.0 Å². The lowest BCUT2D eigenvalue weighted by atomic mass is 9.95. The van der Waals surface area contributed by atoms with E-state index in [9.17, 15) is 19.5 Å². The number of aliphatic hydroxyl groups excluding tert-OH is 1. The van der Waals surface area contributed by atoms with Crippen molar-refractivity contribution in [1.82, 2.24) is 10.6 Å². The van der Waals surface area contributed by atoms with Gasteiger partial charge in [0, 0.05) is 24.1 Å². The largest absolute Gasteiger partial charge is 0.386 e. The SMILES string of the molecule is CC(C)[C@H](NC(=O)CC[C@H](C)CNC(=O)Cc1ccccc1)[C@@H](O)c1c(-c2ccccc2)c1=O. The van der Waals surface area contributed by atoms with E-state index in [1.165, 1.54) is 0 Å². The standard InChI is InChI=1S/C28H34N2O4/c1-18(2)26(28(34)25-24(27(25)33)21-12-8-5-9-13-21)30-22(31)15-14-19(3)17-29-23(32)16-20-10-6-4-7-11-20/h4-13,18-19,26,28,34H,14-17H2,1-3H3,(H,29,32)(H,30,31)/t19-,26-,28-/m0/s1. The van der Waals surface area contributed by atoms with Crippen molar-refractivity contribution < 1.29 is 14.7 Å². The van der Waals surface area contributed by atoms with Gasteiger partial charge in [0.15, 0.2) is 5.43 Å². The smallest absolute Gasteiger partial charge is 0.224 e. The van der Waals surface area contributed by atoms with Crippen molar-refractivity contribution in [3.63, 3.8) is 0 Å². The quantitative estimate of drug-likeness (QED) is 0.384. The molecule has 180 valence electrons. The molecule has 3 N–H and O–H groups in total. The van der Waals surface area contributed by atoms with E-state index in [-0.39, 0.29) is 35.5 Å². The van der Waals surface area contributed by atoms with Gasteiger partial charge in [-0.2, -0.15) is 0 Å². The number of aliphatic hydroxyl groups is 1. The van der Waals surface area contributed by atoms with Gasteiger partial charge in [0.1, 0.15) is 6.10 Å². The number of hydrogen-bond acceptors (Lipinski definition) is 4. The molecular weight excluding hydrogens is 428 g/mol. The summed E-state index contributed by atoms with van der Waals surface area (Å²) in [6.07, 6.45) is 0.183. The van der Waals surface area contributed by atoms with Gasteiger partial charge in [-0.25, -0.2) is 0 Å². The van der Waals surface area contributed by atoms with Crippen LogP contribution in [0.25, 0.3) is 11.1 Å². The molecule has 0 aliphatic rings. The van der Waals surface area contributed by atoms with Crippen LogP contribution < -0.4 is 16.1 Å². The van der Waals surface area contributed by atoms with E-state index in [0.29, 0.717) is 30.5 Å². The third-order valence-electron chi connectivity index (χ3n) is 6.14. The molecule has 0 radical (unpaired) electrons. The van der Waals surface area contributed by atoms with Crippen LogP contribution in [0, 0.1) is 11.8 Å². The maximum atomic E-state index is 12.6. The number of benzene rings is 2. The first kappa shape index (κ1) is 25.4. The van der Waals surface area contributed by atoms with Crippen molar-refractivity contribution >= 4 is 11.8 Å². The third kappa shape index (κ3) is 6.87. The van der Waals surface area contributed by atoms with Gasteiger partial charge in [-0.3, -0.25) is 14.4 Å². The first-order valence-electron chi connectivity index (χ1n) is 11.9. The highest BCUT2D eigenvalue weighted by atomic mass is 16.3. The number of carbonyl (C=O) groups is 2. The van der Waals surface area contributed by atoms with E-state index in [0.717, 1.165) is 11.1 Å². The summed E-state index contributed by atoms with van der Waals surface area (Å²) in [5.74, 6) is -0.130. The van der Waals surface area contributed by atoms with Crippen molar-refractivity contribution in [2.24, 2.45) is 11.8 Å². The van der Waals surface area contributed by atoms with Crippen LogP contribution >= 0.6 is 0 Å². The molecule has 3 aromatic rings. The van der Waals surface area contributed by atoms with Gasteiger partial charge in [-0.15, -0.1) is 0 Å². The Kier molecular flexibility index (Phi) is 8.77. The number of nitrogens with one attached hydrogen (secondary N) is 2. The summed E-state index contributed by atoms with van der Waals surface area (Å²) in [6.45, 7) is 6.31. The van der Waals surface area contributed by atoms with Crippen LogP contribution in [0.15, 0.2) is 65.5 Å². The maximum Gasteiger partial charge on any atom is 0.224 e. The minimum atomic E-state index is -1.04. The molecular formula is C28H34N2O4. The first-order valence-corrected chi connectivity index (χ1v) is 11.9. The molecule has 2 amide bonds. The summed E-state index contributed by atoms with van der Waals surface area (Å²) in [6, 6.07) is 18.3. The molecule has 0 unspecified atom stereocenters. The predicted molar refractivity (Wildman–Crippen MR) is 134 cm³/mol. The van der Waals surface area contributed by atoms with Crippen LogP contribution in [0.2, 0.25) is 0 Å². The fraction of sp³-hybridized carbons (Fsp3) is 0.393. The topological polar surface area (TPSA) is 95.5 Å². The van der Waals surface area contributed by atoms with Crippen molar-refractivity contribution in [1.29, 1.82) is 0 Å². The molecule has 0 heterocycles. The minimum Gasteiger partial charge on any atom is -0.386 e. The van der Waals surface area contributed by atoms with Gasteiger partial charge in [-0.1, -0.05) is 81.4 Å². The van der Waals surface area contributed by atoms with E-state index in [1.54, 1.807) is 0 Å². The third-order valence-corrected chi connectivity index (χ3v) is 6.14. The summed E-state index contributed by atoms with van der Waals surface area (Å²) in [7, 11) is 0. The summed E-state index contributed by atoms with van der Waals surface area (Å²) in [4.78, 5) is 37.1. The maximum absolute atomic E-state index is 12.6. The van der Waals surface area contributed by atoms with Crippen LogP contribution in [0.5, 0.6) is 0 Å². The predicted octanol–water partition coefficient (Wildman–Crippen LogP) is 3.54. The second-order valence-electron chi connectivity index (χ2n) is 9.38. The minimum absolute atomic E-state index is 0.0397. The molecule has 6 heteroatoms. The average molecular weight is 463 g/mol.